The summed E-state index contributed by atoms with van der Waals surface area (Å²) in [5.74, 6) is -0.330. The Hall–Kier alpha value is -1.05. The van der Waals surface area contributed by atoms with Crippen LogP contribution in [0.2, 0.25) is 0 Å². The van der Waals surface area contributed by atoms with Gasteiger partial charge in [0.25, 0.3) is 0 Å². The Morgan fingerprint density at radius 2 is 1.91 bits per heavy atom. The second kappa shape index (κ2) is 4.72. The van der Waals surface area contributed by atoms with Crippen LogP contribution in [-0.2, 0) is 4.74 Å². The van der Waals surface area contributed by atoms with Gasteiger partial charge in [-0.2, -0.15) is 0 Å². The minimum atomic E-state index is -0.478. The molecular formula is C9H13FO. The molecule has 0 aromatic rings. The average molecular weight is 156 g/mol. The van der Waals surface area contributed by atoms with Gasteiger partial charge in [-0.3, -0.25) is 0 Å². The fourth-order valence-corrected chi connectivity index (χ4v) is 0.556. The molecule has 0 spiro atoms. The summed E-state index contributed by atoms with van der Waals surface area (Å²) >= 11 is 0. The Balaban J connectivity index is 4.38. The molecule has 0 heterocycles. The quantitative estimate of drug-likeness (QED) is 0.449. The van der Waals surface area contributed by atoms with E-state index in [4.69, 9.17) is 4.74 Å². The topological polar surface area (TPSA) is 9.23 Å². The molecule has 0 saturated carbocycles. The molecule has 0 aliphatic rings. The van der Waals surface area contributed by atoms with Crippen molar-refractivity contribution >= 4 is 0 Å². The SMILES string of the molecule is C=C/C(F)=C(\C=C)OC(C)C. The van der Waals surface area contributed by atoms with Gasteiger partial charge in [0.15, 0.2) is 11.6 Å². The lowest BCUT2D eigenvalue weighted by atomic mass is 10.4. The lowest BCUT2D eigenvalue weighted by Gasteiger charge is -2.09. The Labute approximate surface area is 66.9 Å². The summed E-state index contributed by atoms with van der Waals surface area (Å²) in [6.07, 6.45) is 2.38. The highest BCUT2D eigenvalue weighted by atomic mass is 19.1. The second-order valence-corrected chi connectivity index (χ2v) is 2.29. The van der Waals surface area contributed by atoms with Crippen molar-refractivity contribution in [3.05, 3.63) is 36.9 Å². The lowest BCUT2D eigenvalue weighted by molar-refractivity contribution is 0.151. The van der Waals surface area contributed by atoms with Gasteiger partial charge in [-0.1, -0.05) is 13.2 Å². The maximum atomic E-state index is 12.7. The summed E-state index contributed by atoms with van der Waals surface area (Å²) in [6.45, 7) is 10.3. The minimum Gasteiger partial charge on any atom is -0.488 e. The van der Waals surface area contributed by atoms with Gasteiger partial charge in [0.05, 0.1) is 6.10 Å². The standard InChI is InChI=1S/C9H13FO/c1-5-8(10)9(6-2)11-7(3)4/h5-7H,1-2H2,3-4H3/b9-8-. The number of halogens is 1. The molecule has 11 heavy (non-hydrogen) atoms. The van der Waals surface area contributed by atoms with E-state index in [-0.39, 0.29) is 11.9 Å². The molecule has 1 nitrogen and oxygen atoms in total. The van der Waals surface area contributed by atoms with E-state index in [0.29, 0.717) is 0 Å². The van der Waals surface area contributed by atoms with Crippen LogP contribution >= 0.6 is 0 Å². The molecule has 62 valence electrons. The third kappa shape index (κ3) is 3.61. The van der Waals surface area contributed by atoms with E-state index in [1.165, 1.54) is 6.08 Å². The van der Waals surface area contributed by atoms with Crippen LogP contribution < -0.4 is 0 Å². The molecule has 2 heteroatoms. The molecule has 0 saturated heterocycles. The van der Waals surface area contributed by atoms with Crippen molar-refractivity contribution in [2.45, 2.75) is 20.0 Å². The van der Waals surface area contributed by atoms with Crippen molar-refractivity contribution in [2.24, 2.45) is 0 Å². The predicted molar refractivity (Wildman–Crippen MR) is 44.7 cm³/mol. The highest BCUT2D eigenvalue weighted by Gasteiger charge is 2.01. The minimum absolute atomic E-state index is 0.0475. The van der Waals surface area contributed by atoms with E-state index in [9.17, 15) is 4.39 Å². The van der Waals surface area contributed by atoms with Gasteiger partial charge in [0.2, 0.25) is 0 Å². The summed E-state index contributed by atoms with van der Waals surface area (Å²) in [4.78, 5) is 0. The lowest BCUT2D eigenvalue weighted by Crippen LogP contribution is -2.01. The van der Waals surface area contributed by atoms with Gasteiger partial charge in [-0.15, -0.1) is 0 Å². The van der Waals surface area contributed by atoms with E-state index >= 15 is 0 Å². The highest BCUT2D eigenvalue weighted by molar-refractivity contribution is 5.21. The average Bonchev–Trinajstić information content (AvgIpc) is 1.98. The van der Waals surface area contributed by atoms with Gasteiger partial charge in [-0.25, -0.2) is 4.39 Å². The summed E-state index contributed by atoms with van der Waals surface area (Å²) in [7, 11) is 0. The number of allylic oxidation sites excluding steroid dienone is 3. The molecule has 0 aliphatic heterocycles. The van der Waals surface area contributed by atoms with Gasteiger partial charge in [0.1, 0.15) is 0 Å². The fourth-order valence-electron chi connectivity index (χ4n) is 0.556. The fraction of sp³-hybridized carbons (Fsp3) is 0.333. The first-order chi connectivity index (χ1) is 5.11. The van der Waals surface area contributed by atoms with Crippen molar-refractivity contribution in [1.82, 2.24) is 0 Å². The Morgan fingerprint density at radius 1 is 1.36 bits per heavy atom. The molecule has 0 aromatic heterocycles. The zero-order valence-electron chi connectivity index (χ0n) is 6.93. The van der Waals surface area contributed by atoms with Crippen molar-refractivity contribution in [2.75, 3.05) is 0 Å². The van der Waals surface area contributed by atoms with Crippen molar-refractivity contribution in [3.8, 4) is 0 Å². The molecule has 0 rings (SSSR count). The van der Waals surface area contributed by atoms with Gasteiger partial charge in [0, 0.05) is 0 Å². The molecule has 0 atom stereocenters. The molecule has 0 N–H and O–H groups in total. The summed E-state index contributed by atoms with van der Waals surface area (Å²) in [6, 6.07) is 0. The first-order valence-electron chi connectivity index (χ1n) is 3.43. The Kier molecular flexibility index (Phi) is 4.27. The molecule has 0 amide bonds. The normalized spacial score (nSPS) is 12.4. The molecule has 0 aliphatic carbocycles. The van der Waals surface area contributed by atoms with E-state index in [1.807, 2.05) is 13.8 Å². The van der Waals surface area contributed by atoms with Crippen molar-refractivity contribution < 1.29 is 9.13 Å². The number of hydrogen-bond donors (Lipinski definition) is 0. The van der Waals surface area contributed by atoms with Crippen LogP contribution in [0.3, 0.4) is 0 Å². The molecule has 0 bridgehead atoms. The van der Waals surface area contributed by atoms with E-state index in [2.05, 4.69) is 13.2 Å². The smallest absolute Gasteiger partial charge is 0.164 e. The maximum absolute atomic E-state index is 12.7. The first-order valence-corrected chi connectivity index (χ1v) is 3.43. The predicted octanol–water partition coefficient (Wildman–Crippen LogP) is 2.96. The van der Waals surface area contributed by atoms with Gasteiger partial charge in [-0.05, 0) is 26.0 Å². The van der Waals surface area contributed by atoms with Crippen LogP contribution in [0.4, 0.5) is 4.39 Å². The summed E-state index contributed by atoms with van der Waals surface area (Å²) in [5.41, 5.74) is 0. The summed E-state index contributed by atoms with van der Waals surface area (Å²) in [5, 5.41) is 0. The Bertz CT molecular complexity index is 180. The molecule has 0 unspecified atom stereocenters. The molecular weight excluding hydrogens is 143 g/mol. The third-order valence-electron chi connectivity index (χ3n) is 0.963. The zero-order valence-corrected chi connectivity index (χ0v) is 6.93. The summed E-state index contributed by atoms with van der Waals surface area (Å²) < 4.78 is 17.8. The van der Waals surface area contributed by atoms with E-state index < -0.39 is 5.83 Å². The van der Waals surface area contributed by atoms with Crippen molar-refractivity contribution in [1.29, 1.82) is 0 Å². The van der Waals surface area contributed by atoms with Crippen LogP contribution in [-0.4, -0.2) is 6.10 Å². The van der Waals surface area contributed by atoms with Crippen LogP contribution in [0.25, 0.3) is 0 Å². The molecule has 0 fully saturated rings. The third-order valence-corrected chi connectivity index (χ3v) is 0.963. The number of ether oxygens (including phenoxy) is 1. The van der Waals surface area contributed by atoms with Crippen molar-refractivity contribution in [3.63, 3.8) is 0 Å². The van der Waals surface area contributed by atoms with Gasteiger partial charge < -0.3 is 4.74 Å². The van der Waals surface area contributed by atoms with Crippen LogP contribution in [0, 0.1) is 0 Å². The molecule has 0 aromatic carbocycles. The first kappa shape index (κ1) is 9.95. The van der Waals surface area contributed by atoms with E-state index in [0.717, 1.165) is 6.08 Å². The van der Waals surface area contributed by atoms with Crippen LogP contribution in [0.1, 0.15) is 13.8 Å². The maximum Gasteiger partial charge on any atom is 0.164 e. The van der Waals surface area contributed by atoms with E-state index in [1.54, 1.807) is 0 Å². The van der Waals surface area contributed by atoms with Crippen LogP contribution in [0.15, 0.2) is 36.9 Å². The number of hydrogen-bond acceptors (Lipinski definition) is 1. The second-order valence-electron chi connectivity index (χ2n) is 2.29. The number of rotatable bonds is 4. The zero-order chi connectivity index (χ0) is 8.85. The monoisotopic (exact) mass is 156 g/mol. The molecule has 0 radical (unpaired) electrons. The largest absolute Gasteiger partial charge is 0.488 e. The van der Waals surface area contributed by atoms with Crippen LogP contribution in [0.5, 0.6) is 0 Å². The highest BCUT2D eigenvalue weighted by Crippen LogP contribution is 2.11. The Morgan fingerprint density at radius 3 is 2.18 bits per heavy atom. The van der Waals surface area contributed by atoms with Gasteiger partial charge >= 0.3 is 0 Å².